The lowest BCUT2D eigenvalue weighted by Gasteiger charge is -2.10. The van der Waals surface area contributed by atoms with Gasteiger partial charge in [-0.15, -0.1) is 0 Å². The van der Waals surface area contributed by atoms with Gasteiger partial charge in [0.05, 0.1) is 12.8 Å². The molecule has 0 bridgehead atoms. The molecule has 0 unspecified atom stereocenters. The molecule has 164 valence electrons. The molecule has 0 aliphatic rings. The number of methoxy groups -OCH3 is 1. The van der Waals surface area contributed by atoms with Crippen LogP contribution >= 0.6 is 0 Å². The van der Waals surface area contributed by atoms with E-state index in [1.54, 1.807) is 0 Å². The molecule has 1 aromatic carbocycles. The summed E-state index contributed by atoms with van der Waals surface area (Å²) in [5, 5.41) is 11.5. The number of carbonyl (C=O) groups is 1. The van der Waals surface area contributed by atoms with Crippen LogP contribution < -0.4 is 15.5 Å². The Bertz CT molecular complexity index is 1290. The fourth-order valence-electron chi connectivity index (χ4n) is 2.92. The van der Waals surface area contributed by atoms with E-state index >= 15 is 0 Å². The van der Waals surface area contributed by atoms with Crippen molar-refractivity contribution in [2.24, 2.45) is 0 Å². The number of hydrogen-bond acceptors (Lipinski definition) is 8. The predicted molar refractivity (Wildman–Crippen MR) is 105 cm³/mol. The van der Waals surface area contributed by atoms with Gasteiger partial charge < -0.3 is 10.1 Å². The third-order valence-electron chi connectivity index (χ3n) is 4.35. The second kappa shape index (κ2) is 8.11. The number of amides is 1. The van der Waals surface area contributed by atoms with E-state index in [9.17, 15) is 18.0 Å². The summed E-state index contributed by atoms with van der Waals surface area (Å²) in [7, 11) is 1.35. The average Bonchev–Trinajstić information content (AvgIpc) is 3.18. The summed E-state index contributed by atoms with van der Waals surface area (Å²) in [6, 6.07) is 8.63. The molecule has 0 aliphatic carbocycles. The molecular formula is C19H14F3N7O3. The maximum absolute atomic E-state index is 13.7. The van der Waals surface area contributed by atoms with E-state index in [1.807, 2.05) is 0 Å². The number of halogens is 3. The third kappa shape index (κ3) is 4.00. The lowest BCUT2D eigenvalue weighted by Crippen LogP contribution is -2.18. The zero-order valence-electron chi connectivity index (χ0n) is 16.3. The Balaban J connectivity index is 1.74. The van der Waals surface area contributed by atoms with Gasteiger partial charge in [-0.3, -0.25) is 14.4 Å². The summed E-state index contributed by atoms with van der Waals surface area (Å²) in [6.07, 6.45) is -2.09. The van der Waals surface area contributed by atoms with Gasteiger partial charge in [-0.1, -0.05) is 0 Å². The van der Waals surface area contributed by atoms with Gasteiger partial charge in [0.1, 0.15) is 5.69 Å². The molecule has 3 aromatic heterocycles. The monoisotopic (exact) mass is 445 g/mol. The molecule has 0 spiro atoms. The number of hydroxylamine groups is 1. The number of anilines is 2. The van der Waals surface area contributed by atoms with Crippen molar-refractivity contribution in [3.63, 3.8) is 0 Å². The standard InChI is InChI=1S/C19H14F3N7O3/c1-32-13-7-9-29-14(15(19(20,21)22)27-18(29)26-13)12-6-8-23-17(25-12)24-11-4-2-10(3-5-11)16(30)28-31/h2-9,31H,1H3,(H,28,30)(H,23,24,25). The van der Waals surface area contributed by atoms with Crippen LogP contribution in [0.1, 0.15) is 16.1 Å². The Kier molecular flexibility index (Phi) is 5.32. The molecule has 3 N–H and O–H groups in total. The lowest BCUT2D eigenvalue weighted by molar-refractivity contribution is -0.140. The van der Waals surface area contributed by atoms with E-state index in [4.69, 9.17) is 9.94 Å². The predicted octanol–water partition coefficient (Wildman–Crippen LogP) is 3.08. The normalized spacial score (nSPS) is 11.4. The maximum atomic E-state index is 13.7. The van der Waals surface area contributed by atoms with Crippen molar-refractivity contribution < 1.29 is 27.9 Å². The Labute approximate surface area is 177 Å². The highest BCUT2D eigenvalue weighted by Crippen LogP contribution is 2.36. The quantitative estimate of drug-likeness (QED) is 0.316. The van der Waals surface area contributed by atoms with Crippen LogP contribution in [0.25, 0.3) is 17.2 Å². The molecule has 0 radical (unpaired) electrons. The smallest absolute Gasteiger partial charge is 0.435 e. The van der Waals surface area contributed by atoms with Crippen molar-refractivity contribution in [1.29, 1.82) is 0 Å². The number of hydrogen-bond donors (Lipinski definition) is 3. The van der Waals surface area contributed by atoms with Crippen LogP contribution in [0.3, 0.4) is 0 Å². The molecule has 0 fully saturated rings. The zero-order chi connectivity index (χ0) is 22.9. The van der Waals surface area contributed by atoms with Crippen LogP contribution in [0.2, 0.25) is 0 Å². The molecule has 1 amide bonds. The molecule has 32 heavy (non-hydrogen) atoms. The molecular weight excluding hydrogens is 431 g/mol. The fourth-order valence-corrected chi connectivity index (χ4v) is 2.92. The van der Waals surface area contributed by atoms with Crippen molar-refractivity contribution in [3.05, 3.63) is 60.0 Å². The van der Waals surface area contributed by atoms with Crippen LogP contribution in [-0.4, -0.2) is 42.6 Å². The van der Waals surface area contributed by atoms with E-state index in [-0.39, 0.29) is 34.6 Å². The first-order chi connectivity index (χ1) is 15.3. The Morgan fingerprint density at radius 3 is 2.50 bits per heavy atom. The number of rotatable bonds is 5. The van der Waals surface area contributed by atoms with E-state index in [1.165, 1.54) is 65.8 Å². The van der Waals surface area contributed by atoms with E-state index in [2.05, 4.69) is 25.3 Å². The minimum atomic E-state index is -4.75. The lowest BCUT2D eigenvalue weighted by atomic mass is 10.2. The number of imidazole rings is 1. The second-order valence-corrected chi connectivity index (χ2v) is 6.36. The van der Waals surface area contributed by atoms with Crippen molar-refractivity contribution in [1.82, 2.24) is 29.8 Å². The number of alkyl halides is 3. The molecule has 0 aliphatic heterocycles. The molecule has 0 atom stereocenters. The van der Waals surface area contributed by atoms with Crippen molar-refractivity contribution in [3.8, 4) is 17.3 Å². The first-order valence-electron chi connectivity index (χ1n) is 8.95. The summed E-state index contributed by atoms with van der Waals surface area (Å²) in [5.41, 5.74) is 0.700. The number of benzene rings is 1. The number of fused-ring (bicyclic) bond motifs is 1. The molecule has 3 heterocycles. The fraction of sp³-hybridized carbons (Fsp3) is 0.105. The highest BCUT2D eigenvalue weighted by molar-refractivity contribution is 5.93. The SMILES string of the molecule is COc1ccn2c(-c3ccnc(Nc4ccc(C(=O)NO)cc4)n3)c(C(F)(F)F)nc2n1. The van der Waals surface area contributed by atoms with Crippen molar-refractivity contribution in [2.75, 3.05) is 12.4 Å². The number of ether oxygens (including phenoxy) is 1. The zero-order valence-corrected chi connectivity index (χ0v) is 16.3. The number of nitrogens with one attached hydrogen (secondary N) is 2. The first-order valence-corrected chi connectivity index (χ1v) is 8.95. The van der Waals surface area contributed by atoms with Gasteiger partial charge >= 0.3 is 6.18 Å². The largest absolute Gasteiger partial charge is 0.481 e. The van der Waals surface area contributed by atoms with Gasteiger partial charge in [-0.2, -0.15) is 18.2 Å². The molecule has 10 nitrogen and oxygen atoms in total. The molecule has 13 heteroatoms. The van der Waals surface area contributed by atoms with E-state index < -0.39 is 17.8 Å². The molecule has 4 rings (SSSR count). The number of nitrogens with zero attached hydrogens (tertiary/aromatic N) is 5. The van der Waals surface area contributed by atoms with Crippen LogP contribution in [0.5, 0.6) is 5.88 Å². The highest BCUT2D eigenvalue weighted by Gasteiger charge is 2.39. The summed E-state index contributed by atoms with van der Waals surface area (Å²) < 4.78 is 47.2. The Morgan fingerprint density at radius 1 is 1.09 bits per heavy atom. The van der Waals surface area contributed by atoms with Crippen LogP contribution in [0.15, 0.2) is 48.8 Å². The second-order valence-electron chi connectivity index (χ2n) is 6.36. The number of carbonyl (C=O) groups excluding carboxylic acids is 1. The molecule has 4 aromatic rings. The number of aromatic nitrogens is 5. The molecule has 0 saturated heterocycles. The summed E-state index contributed by atoms with van der Waals surface area (Å²) in [5.74, 6) is -0.748. The minimum absolute atomic E-state index is 0.0198. The first kappa shape index (κ1) is 21.0. The summed E-state index contributed by atoms with van der Waals surface area (Å²) in [4.78, 5) is 27.2. The van der Waals surface area contributed by atoms with Gasteiger partial charge in [0.15, 0.2) is 5.69 Å². The van der Waals surface area contributed by atoms with E-state index in [0.717, 1.165) is 0 Å². The highest BCUT2D eigenvalue weighted by atomic mass is 19.4. The van der Waals surface area contributed by atoms with Crippen LogP contribution in [0, 0.1) is 0 Å². The van der Waals surface area contributed by atoms with Gasteiger partial charge in [-0.25, -0.2) is 20.4 Å². The minimum Gasteiger partial charge on any atom is -0.481 e. The van der Waals surface area contributed by atoms with Gasteiger partial charge in [0.25, 0.3) is 5.91 Å². The molecule has 0 saturated carbocycles. The van der Waals surface area contributed by atoms with Crippen molar-refractivity contribution in [2.45, 2.75) is 6.18 Å². The topological polar surface area (TPSA) is 127 Å². The summed E-state index contributed by atoms with van der Waals surface area (Å²) >= 11 is 0. The Hall–Kier alpha value is -4.26. The van der Waals surface area contributed by atoms with Gasteiger partial charge in [0.2, 0.25) is 17.6 Å². The third-order valence-corrected chi connectivity index (χ3v) is 4.35. The van der Waals surface area contributed by atoms with Gasteiger partial charge in [-0.05, 0) is 30.3 Å². The van der Waals surface area contributed by atoms with Crippen LogP contribution in [-0.2, 0) is 6.18 Å². The van der Waals surface area contributed by atoms with Crippen LogP contribution in [0.4, 0.5) is 24.8 Å². The van der Waals surface area contributed by atoms with Gasteiger partial charge in [0, 0.05) is 29.7 Å². The Morgan fingerprint density at radius 2 is 1.84 bits per heavy atom. The van der Waals surface area contributed by atoms with Crippen molar-refractivity contribution >= 4 is 23.3 Å². The average molecular weight is 445 g/mol. The maximum Gasteiger partial charge on any atom is 0.435 e. The summed E-state index contributed by atoms with van der Waals surface area (Å²) in [6.45, 7) is 0. The van der Waals surface area contributed by atoms with E-state index in [0.29, 0.717) is 5.69 Å².